The number of carbonyl (C=O) groups is 2. The molecule has 0 heterocycles. The van der Waals surface area contributed by atoms with Crippen molar-refractivity contribution in [2.75, 3.05) is 13.6 Å². The van der Waals surface area contributed by atoms with Crippen LogP contribution in [0, 0.1) is 0 Å². The molecule has 21 heavy (non-hydrogen) atoms. The van der Waals surface area contributed by atoms with Gasteiger partial charge in [0, 0.05) is 25.4 Å². The van der Waals surface area contributed by atoms with E-state index in [4.69, 9.17) is 5.11 Å². The average molecular weight is 287 g/mol. The molecule has 0 aliphatic heterocycles. The number of aliphatic carboxylic acids is 1. The molecule has 0 atom stereocenters. The summed E-state index contributed by atoms with van der Waals surface area (Å²) in [6.07, 6.45) is 0.396. The number of phenols is 1. The number of nitrogens with zero attached hydrogens (tertiary/aromatic N) is 1. The number of hydrogen-bond acceptors (Lipinski definition) is 3. The van der Waals surface area contributed by atoms with Crippen LogP contribution in [0.2, 0.25) is 0 Å². The fourth-order valence-corrected chi connectivity index (χ4v) is 2.20. The first kappa shape index (κ1) is 14.8. The molecule has 0 saturated carbocycles. The van der Waals surface area contributed by atoms with Crippen molar-refractivity contribution in [3.8, 4) is 5.75 Å². The van der Waals surface area contributed by atoms with Gasteiger partial charge in [0.05, 0.1) is 5.56 Å². The molecule has 0 fully saturated rings. The lowest BCUT2D eigenvalue weighted by molar-refractivity contribution is -0.137. The molecule has 0 unspecified atom stereocenters. The van der Waals surface area contributed by atoms with Gasteiger partial charge in [-0.3, -0.25) is 9.59 Å². The third kappa shape index (κ3) is 3.31. The molecule has 2 aromatic rings. The van der Waals surface area contributed by atoms with E-state index in [9.17, 15) is 14.7 Å². The summed E-state index contributed by atoms with van der Waals surface area (Å²) in [4.78, 5) is 24.2. The SMILES string of the molecule is CN(CCCC(=O)O)C(=O)c1ccc2ccccc2c1O. The summed E-state index contributed by atoms with van der Waals surface area (Å²) in [5, 5.41) is 20.3. The van der Waals surface area contributed by atoms with E-state index in [2.05, 4.69) is 0 Å². The van der Waals surface area contributed by atoms with E-state index in [0.29, 0.717) is 18.4 Å². The number of amides is 1. The van der Waals surface area contributed by atoms with Gasteiger partial charge in [0.25, 0.3) is 5.91 Å². The molecule has 0 bridgehead atoms. The van der Waals surface area contributed by atoms with Crippen LogP contribution in [-0.4, -0.2) is 40.6 Å². The van der Waals surface area contributed by atoms with Gasteiger partial charge in [-0.1, -0.05) is 30.3 Å². The van der Waals surface area contributed by atoms with Crippen molar-refractivity contribution < 1.29 is 19.8 Å². The molecule has 0 radical (unpaired) electrons. The first-order valence-electron chi connectivity index (χ1n) is 6.68. The number of carbonyl (C=O) groups excluding carboxylic acids is 1. The first-order chi connectivity index (χ1) is 10.0. The minimum atomic E-state index is -0.885. The lowest BCUT2D eigenvalue weighted by atomic mass is 10.0. The van der Waals surface area contributed by atoms with Crippen LogP contribution in [0.4, 0.5) is 0 Å². The Bertz CT molecular complexity index is 681. The third-order valence-corrected chi connectivity index (χ3v) is 3.36. The predicted molar refractivity (Wildman–Crippen MR) is 79.4 cm³/mol. The van der Waals surface area contributed by atoms with Crippen LogP contribution in [0.25, 0.3) is 10.8 Å². The van der Waals surface area contributed by atoms with Crippen molar-refractivity contribution in [2.24, 2.45) is 0 Å². The number of rotatable bonds is 5. The van der Waals surface area contributed by atoms with Crippen molar-refractivity contribution in [3.05, 3.63) is 42.0 Å². The van der Waals surface area contributed by atoms with Gasteiger partial charge in [0.2, 0.25) is 0 Å². The average Bonchev–Trinajstić information content (AvgIpc) is 2.47. The van der Waals surface area contributed by atoms with Crippen LogP contribution in [-0.2, 0) is 4.79 Å². The topological polar surface area (TPSA) is 77.8 Å². The van der Waals surface area contributed by atoms with Gasteiger partial charge in [-0.25, -0.2) is 0 Å². The molecule has 2 aromatic carbocycles. The molecule has 1 amide bonds. The third-order valence-electron chi connectivity index (χ3n) is 3.36. The maximum atomic E-state index is 12.3. The number of hydrogen-bond donors (Lipinski definition) is 2. The Hall–Kier alpha value is -2.56. The van der Waals surface area contributed by atoms with Gasteiger partial charge < -0.3 is 15.1 Å². The van der Waals surface area contributed by atoms with Crippen LogP contribution in [0.1, 0.15) is 23.2 Å². The Kier molecular flexibility index (Phi) is 4.42. The van der Waals surface area contributed by atoms with Gasteiger partial charge >= 0.3 is 5.97 Å². The van der Waals surface area contributed by atoms with Crippen LogP contribution in [0.5, 0.6) is 5.75 Å². The van der Waals surface area contributed by atoms with Crippen LogP contribution in [0.3, 0.4) is 0 Å². The maximum absolute atomic E-state index is 12.3. The lowest BCUT2D eigenvalue weighted by Crippen LogP contribution is -2.28. The number of aromatic hydroxyl groups is 1. The molecule has 5 heteroatoms. The van der Waals surface area contributed by atoms with Crippen molar-refractivity contribution in [3.63, 3.8) is 0 Å². The quantitative estimate of drug-likeness (QED) is 0.885. The first-order valence-corrected chi connectivity index (χ1v) is 6.68. The summed E-state index contributed by atoms with van der Waals surface area (Å²) < 4.78 is 0. The maximum Gasteiger partial charge on any atom is 0.303 e. The van der Waals surface area contributed by atoms with Crippen LogP contribution >= 0.6 is 0 Å². The second kappa shape index (κ2) is 6.26. The fraction of sp³-hybridized carbons (Fsp3) is 0.250. The minimum Gasteiger partial charge on any atom is -0.506 e. The highest BCUT2D eigenvalue weighted by atomic mass is 16.4. The summed E-state index contributed by atoms with van der Waals surface area (Å²) in [6, 6.07) is 10.7. The smallest absolute Gasteiger partial charge is 0.303 e. The van der Waals surface area contributed by atoms with Crippen molar-refractivity contribution in [1.29, 1.82) is 0 Å². The molecule has 110 valence electrons. The number of carboxylic acid groups (broad SMARTS) is 1. The summed E-state index contributed by atoms with van der Waals surface area (Å²) in [6.45, 7) is 0.331. The Morgan fingerprint density at radius 1 is 1.14 bits per heavy atom. The Labute approximate surface area is 122 Å². The monoisotopic (exact) mass is 287 g/mol. The lowest BCUT2D eigenvalue weighted by Gasteiger charge is -2.18. The number of carboxylic acids is 1. The normalized spacial score (nSPS) is 10.5. The summed E-state index contributed by atoms with van der Waals surface area (Å²) in [5.74, 6) is -1.24. The number of benzene rings is 2. The van der Waals surface area contributed by atoms with Gasteiger partial charge in [-0.15, -0.1) is 0 Å². The number of phenolic OH excluding ortho intramolecular Hbond substituents is 1. The van der Waals surface area contributed by atoms with E-state index in [1.807, 2.05) is 12.1 Å². The Morgan fingerprint density at radius 2 is 1.86 bits per heavy atom. The molecular formula is C16H17NO4. The zero-order valence-corrected chi connectivity index (χ0v) is 11.7. The van der Waals surface area contributed by atoms with Gasteiger partial charge in [0.15, 0.2) is 0 Å². The number of fused-ring (bicyclic) bond motifs is 1. The fourth-order valence-electron chi connectivity index (χ4n) is 2.20. The van der Waals surface area contributed by atoms with E-state index >= 15 is 0 Å². The van der Waals surface area contributed by atoms with Gasteiger partial charge in [-0.05, 0) is 17.9 Å². The summed E-state index contributed by atoms with van der Waals surface area (Å²) >= 11 is 0. The highest BCUT2D eigenvalue weighted by molar-refractivity contribution is 6.03. The van der Waals surface area contributed by atoms with E-state index in [-0.39, 0.29) is 23.6 Å². The van der Waals surface area contributed by atoms with E-state index in [1.165, 1.54) is 4.90 Å². The summed E-state index contributed by atoms with van der Waals surface area (Å²) in [5.41, 5.74) is 0.228. The molecule has 0 saturated heterocycles. The standard InChI is InChI=1S/C16H17NO4/c1-17(10-4-7-14(18)19)16(21)13-9-8-11-5-2-3-6-12(11)15(13)20/h2-3,5-6,8-9,20H,4,7,10H2,1H3,(H,18,19). The molecule has 0 aliphatic rings. The molecule has 0 aromatic heterocycles. The zero-order valence-electron chi connectivity index (χ0n) is 11.7. The highest BCUT2D eigenvalue weighted by Gasteiger charge is 2.17. The van der Waals surface area contributed by atoms with Crippen LogP contribution in [0.15, 0.2) is 36.4 Å². The molecule has 2 rings (SSSR count). The largest absolute Gasteiger partial charge is 0.506 e. The van der Waals surface area contributed by atoms with Gasteiger partial charge in [0.1, 0.15) is 5.75 Å². The molecular weight excluding hydrogens is 270 g/mol. The second-order valence-electron chi connectivity index (χ2n) is 4.91. The van der Waals surface area contributed by atoms with Crippen molar-refractivity contribution in [2.45, 2.75) is 12.8 Å². The predicted octanol–water partition coefficient (Wildman–Crippen LogP) is 2.48. The van der Waals surface area contributed by atoms with E-state index in [1.54, 1.807) is 31.3 Å². The summed E-state index contributed by atoms with van der Waals surface area (Å²) in [7, 11) is 1.60. The Balaban J connectivity index is 2.19. The van der Waals surface area contributed by atoms with Crippen molar-refractivity contribution >= 4 is 22.6 Å². The molecule has 2 N–H and O–H groups in total. The Morgan fingerprint density at radius 3 is 2.57 bits per heavy atom. The zero-order chi connectivity index (χ0) is 15.4. The van der Waals surface area contributed by atoms with E-state index < -0.39 is 5.97 Å². The van der Waals surface area contributed by atoms with E-state index in [0.717, 1.165) is 5.39 Å². The van der Waals surface area contributed by atoms with Gasteiger partial charge in [-0.2, -0.15) is 0 Å². The minimum absolute atomic E-state index is 0.0152. The molecule has 5 nitrogen and oxygen atoms in total. The highest BCUT2D eigenvalue weighted by Crippen LogP contribution is 2.29. The van der Waals surface area contributed by atoms with Crippen LogP contribution < -0.4 is 0 Å². The molecule has 0 spiro atoms. The molecule has 0 aliphatic carbocycles. The van der Waals surface area contributed by atoms with Crippen molar-refractivity contribution in [1.82, 2.24) is 4.90 Å². The second-order valence-corrected chi connectivity index (χ2v) is 4.91.